The zero-order valence-corrected chi connectivity index (χ0v) is 7.00. The monoisotopic (exact) mass is 188 g/mol. The summed E-state index contributed by atoms with van der Waals surface area (Å²) < 4.78 is 0.600. The van der Waals surface area contributed by atoms with Crippen LogP contribution in [0.1, 0.15) is 0 Å². The van der Waals surface area contributed by atoms with Crippen LogP contribution in [-0.2, 0) is 0 Å². The van der Waals surface area contributed by atoms with E-state index in [2.05, 4.69) is 9.97 Å². The van der Waals surface area contributed by atoms with Crippen LogP contribution in [0.25, 0.3) is 0 Å². The van der Waals surface area contributed by atoms with Crippen LogP contribution in [-0.4, -0.2) is 27.1 Å². The molecule has 0 unspecified atom stereocenters. The van der Waals surface area contributed by atoms with E-state index in [-0.39, 0.29) is 10.1 Å². The van der Waals surface area contributed by atoms with Gasteiger partial charge in [0.2, 0.25) is 0 Å². The molecule has 0 aromatic carbocycles. The molecule has 0 saturated heterocycles. The minimum atomic E-state index is -1.56. The molecule has 58 valence electrons. The van der Waals surface area contributed by atoms with Gasteiger partial charge in [0.15, 0.2) is 4.77 Å². The molecular formula is C4H5BN2O2S2. The lowest BCUT2D eigenvalue weighted by Crippen LogP contribution is -2.31. The number of H-pyrrole nitrogens is 2. The third-order valence-electron chi connectivity index (χ3n) is 1.13. The van der Waals surface area contributed by atoms with E-state index in [4.69, 9.17) is 34.5 Å². The first kappa shape index (κ1) is 8.60. The topological polar surface area (TPSA) is 72.0 Å². The van der Waals surface area contributed by atoms with Crippen molar-refractivity contribution in [2.45, 2.75) is 0 Å². The van der Waals surface area contributed by atoms with E-state index >= 15 is 0 Å². The van der Waals surface area contributed by atoms with Crippen molar-refractivity contribution in [1.29, 1.82) is 0 Å². The number of nitrogens with one attached hydrogen (secondary N) is 2. The van der Waals surface area contributed by atoms with Gasteiger partial charge in [-0.3, -0.25) is 0 Å². The predicted molar refractivity (Wildman–Crippen MR) is 46.6 cm³/mol. The summed E-state index contributed by atoms with van der Waals surface area (Å²) in [5, 5.41) is 17.4. The van der Waals surface area contributed by atoms with Gasteiger partial charge in [-0.25, -0.2) is 0 Å². The van der Waals surface area contributed by atoms with Crippen molar-refractivity contribution in [3.8, 4) is 0 Å². The quantitative estimate of drug-likeness (QED) is 0.353. The lowest BCUT2D eigenvalue weighted by molar-refractivity contribution is 0.425. The van der Waals surface area contributed by atoms with Gasteiger partial charge in [-0.05, 0) is 12.2 Å². The molecule has 0 atom stereocenters. The minimum Gasteiger partial charge on any atom is -0.423 e. The van der Waals surface area contributed by atoms with Crippen molar-refractivity contribution in [2.75, 3.05) is 0 Å². The van der Waals surface area contributed by atoms with Crippen LogP contribution in [0.5, 0.6) is 0 Å². The highest BCUT2D eigenvalue weighted by Crippen LogP contribution is 1.82. The summed E-state index contributed by atoms with van der Waals surface area (Å²) in [5.41, 5.74) is 0.216. The normalized spacial score (nSPS) is 9.64. The smallest absolute Gasteiger partial charge is 0.423 e. The molecule has 0 aliphatic carbocycles. The number of aromatic amines is 2. The van der Waals surface area contributed by atoms with Crippen LogP contribution in [0, 0.1) is 9.41 Å². The van der Waals surface area contributed by atoms with Gasteiger partial charge in [-0.15, -0.1) is 0 Å². The fourth-order valence-corrected chi connectivity index (χ4v) is 1.10. The van der Waals surface area contributed by atoms with Crippen molar-refractivity contribution in [1.82, 2.24) is 9.97 Å². The molecule has 1 aromatic rings. The summed E-state index contributed by atoms with van der Waals surface area (Å²) >= 11 is 9.46. The Bertz CT molecular complexity index is 358. The lowest BCUT2D eigenvalue weighted by Gasteiger charge is -1.97. The van der Waals surface area contributed by atoms with E-state index in [1.807, 2.05) is 0 Å². The highest BCUT2D eigenvalue weighted by molar-refractivity contribution is 7.72. The van der Waals surface area contributed by atoms with Crippen molar-refractivity contribution in [3.05, 3.63) is 15.6 Å². The van der Waals surface area contributed by atoms with Gasteiger partial charge < -0.3 is 20.0 Å². The molecule has 0 aliphatic heterocycles. The molecule has 0 fully saturated rings. The SMILES string of the molecule is OB(O)c1c[nH]c(=S)[nH]c1=S. The average Bonchev–Trinajstić information content (AvgIpc) is 1.85. The molecule has 0 bridgehead atoms. The molecule has 1 aromatic heterocycles. The summed E-state index contributed by atoms with van der Waals surface area (Å²) in [4.78, 5) is 5.17. The first-order valence-electron chi connectivity index (χ1n) is 2.79. The molecule has 4 nitrogen and oxygen atoms in total. The maximum Gasteiger partial charge on any atom is 0.492 e. The second-order valence-electron chi connectivity index (χ2n) is 1.90. The highest BCUT2D eigenvalue weighted by Gasteiger charge is 2.12. The summed E-state index contributed by atoms with van der Waals surface area (Å²) in [6.07, 6.45) is 1.37. The highest BCUT2D eigenvalue weighted by atomic mass is 32.1. The van der Waals surface area contributed by atoms with Gasteiger partial charge in [0.05, 0.1) is 0 Å². The summed E-state index contributed by atoms with van der Waals surface area (Å²) in [5.74, 6) is 0. The molecule has 0 spiro atoms. The second kappa shape index (κ2) is 3.27. The minimum absolute atomic E-state index is 0.216. The van der Waals surface area contributed by atoms with Crippen molar-refractivity contribution in [3.63, 3.8) is 0 Å². The molecule has 0 amide bonds. The van der Waals surface area contributed by atoms with Gasteiger partial charge in [-0.2, -0.15) is 0 Å². The van der Waals surface area contributed by atoms with Crippen LogP contribution in [0.2, 0.25) is 0 Å². The maximum absolute atomic E-state index is 8.71. The molecule has 4 N–H and O–H groups in total. The summed E-state index contributed by atoms with van der Waals surface area (Å²) in [7, 11) is -1.56. The molecule has 0 saturated carbocycles. The van der Waals surface area contributed by atoms with Gasteiger partial charge >= 0.3 is 7.12 Å². The van der Waals surface area contributed by atoms with E-state index < -0.39 is 7.12 Å². The largest absolute Gasteiger partial charge is 0.492 e. The average molecular weight is 188 g/mol. The molecule has 1 rings (SSSR count). The third-order valence-corrected chi connectivity index (χ3v) is 1.68. The van der Waals surface area contributed by atoms with Gasteiger partial charge in [0, 0.05) is 11.7 Å². The zero-order chi connectivity index (χ0) is 8.43. The Kier molecular flexibility index (Phi) is 2.55. The van der Waals surface area contributed by atoms with Crippen LogP contribution in [0.4, 0.5) is 0 Å². The molecule has 11 heavy (non-hydrogen) atoms. The first-order chi connectivity index (χ1) is 5.11. The number of hydrogen-bond acceptors (Lipinski definition) is 4. The summed E-state index contributed by atoms with van der Waals surface area (Å²) in [6, 6.07) is 0. The Morgan fingerprint density at radius 1 is 1.36 bits per heavy atom. The second-order valence-corrected chi connectivity index (χ2v) is 2.72. The van der Waals surface area contributed by atoms with Crippen LogP contribution >= 0.6 is 24.4 Å². The Morgan fingerprint density at radius 3 is 2.45 bits per heavy atom. The van der Waals surface area contributed by atoms with Crippen molar-refractivity contribution in [2.24, 2.45) is 0 Å². The van der Waals surface area contributed by atoms with Crippen molar-refractivity contribution < 1.29 is 10.0 Å². The fourth-order valence-electron chi connectivity index (χ4n) is 0.612. The molecule has 0 radical (unpaired) electrons. The molecule has 0 aliphatic rings. The van der Waals surface area contributed by atoms with E-state index in [1.165, 1.54) is 6.20 Å². The molecule has 7 heteroatoms. The van der Waals surface area contributed by atoms with E-state index in [0.717, 1.165) is 0 Å². The number of hydrogen-bond donors (Lipinski definition) is 4. The van der Waals surface area contributed by atoms with Crippen LogP contribution in [0.3, 0.4) is 0 Å². The Morgan fingerprint density at radius 2 is 2.00 bits per heavy atom. The predicted octanol–water partition coefficient (Wildman–Crippen LogP) is -0.518. The fraction of sp³-hybridized carbons (Fsp3) is 0. The molecular weight excluding hydrogens is 183 g/mol. The van der Waals surface area contributed by atoms with Crippen LogP contribution < -0.4 is 5.46 Å². The number of aromatic nitrogens is 2. The Balaban J connectivity index is 3.32. The third kappa shape index (κ3) is 1.97. The van der Waals surface area contributed by atoms with E-state index in [9.17, 15) is 0 Å². The first-order valence-corrected chi connectivity index (χ1v) is 3.61. The van der Waals surface area contributed by atoms with Gasteiger partial charge in [0.1, 0.15) is 4.64 Å². The van der Waals surface area contributed by atoms with Gasteiger partial charge in [0.25, 0.3) is 0 Å². The Hall–Kier alpha value is -0.495. The molecule has 1 heterocycles. The standard InChI is InChI=1S/C4H5BN2O2S2/c8-5(9)2-1-6-4(11)7-3(2)10/h1,8-9H,(H2,6,7,10,11). The lowest BCUT2D eigenvalue weighted by atomic mass is 9.83. The Labute approximate surface area is 73.1 Å². The van der Waals surface area contributed by atoms with E-state index in [1.54, 1.807) is 0 Å². The maximum atomic E-state index is 8.71. The van der Waals surface area contributed by atoms with E-state index in [0.29, 0.717) is 4.77 Å². The van der Waals surface area contributed by atoms with Crippen LogP contribution in [0.15, 0.2) is 6.20 Å². The number of rotatable bonds is 1. The summed E-state index contributed by atoms with van der Waals surface area (Å²) in [6.45, 7) is 0. The van der Waals surface area contributed by atoms with Gasteiger partial charge in [-0.1, -0.05) is 12.2 Å². The zero-order valence-electron chi connectivity index (χ0n) is 5.37. The van der Waals surface area contributed by atoms with Crippen molar-refractivity contribution >= 4 is 37.0 Å².